The monoisotopic (exact) mass is 256 g/mol. The smallest absolute Gasteiger partial charge is 0.119 e. The molecule has 2 heteroatoms. The van der Waals surface area contributed by atoms with Crippen molar-refractivity contribution < 1.29 is 4.74 Å². The summed E-state index contributed by atoms with van der Waals surface area (Å²) in [7, 11) is 0. The number of hydrogen-bond donors (Lipinski definition) is 0. The molecule has 0 saturated heterocycles. The molecule has 1 rings (SSSR count). The average molecular weight is 257 g/mol. The maximum atomic E-state index is 5.84. The Bertz CT molecular complexity index is 235. The summed E-state index contributed by atoms with van der Waals surface area (Å²) in [5.41, 5.74) is 0. The summed E-state index contributed by atoms with van der Waals surface area (Å²) in [6, 6.07) is 10.0. The van der Waals surface area contributed by atoms with Crippen LogP contribution in [0.15, 0.2) is 30.3 Å². The normalized spacial score (nSPS) is 12.4. The number of benzene rings is 1. The van der Waals surface area contributed by atoms with Gasteiger partial charge in [-0.15, -0.1) is 0 Å². The molecule has 1 aromatic carbocycles. The Balaban J connectivity index is 2.40. The van der Waals surface area contributed by atoms with Gasteiger partial charge in [0.1, 0.15) is 5.75 Å². The molecule has 0 aliphatic carbocycles. The lowest BCUT2D eigenvalue weighted by Gasteiger charge is -2.16. The van der Waals surface area contributed by atoms with Gasteiger partial charge in [-0.3, -0.25) is 0 Å². The van der Waals surface area contributed by atoms with Crippen LogP contribution in [0.1, 0.15) is 26.2 Å². The maximum absolute atomic E-state index is 5.84. The van der Waals surface area contributed by atoms with E-state index in [-0.39, 0.29) is 0 Å². The van der Waals surface area contributed by atoms with Gasteiger partial charge >= 0.3 is 0 Å². The van der Waals surface area contributed by atoms with Crippen LogP contribution in [0.2, 0.25) is 0 Å². The van der Waals surface area contributed by atoms with Crippen LogP contribution in [0.3, 0.4) is 0 Å². The minimum absolute atomic E-state index is 0.356. The molecular formula is C12H17BrO. The lowest BCUT2D eigenvalue weighted by atomic mass is 10.1. The number of para-hydroxylation sites is 1. The van der Waals surface area contributed by atoms with Crippen molar-refractivity contribution >= 4 is 15.9 Å². The number of halogens is 1. The summed E-state index contributed by atoms with van der Waals surface area (Å²) >= 11 is 3.44. The molecular weight excluding hydrogens is 240 g/mol. The van der Waals surface area contributed by atoms with Crippen LogP contribution in [0.5, 0.6) is 5.75 Å². The second-order valence-electron chi connectivity index (χ2n) is 3.29. The summed E-state index contributed by atoms with van der Waals surface area (Å²) < 4.78 is 5.84. The molecule has 1 aromatic rings. The number of rotatable bonds is 6. The first-order valence-corrected chi connectivity index (χ1v) is 6.26. The average Bonchev–Trinajstić information content (AvgIpc) is 2.25. The zero-order valence-corrected chi connectivity index (χ0v) is 10.2. The first-order valence-electron chi connectivity index (χ1n) is 5.14. The second kappa shape index (κ2) is 6.88. The van der Waals surface area contributed by atoms with Gasteiger partial charge in [-0.05, 0) is 31.4 Å². The van der Waals surface area contributed by atoms with E-state index in [4.69, 9.17) is 4.74 Å². The quantitative estimate of drug-likeness (QED) is 0.699. The molecule has 1 unspecified atom stereocenters. The Morgan fingerprint density at radius 3 is 2.57 bits per heavy atom. The van der Waals surface area contributed by atoms with Crippen molar-refractivity contribution in [2.24, 2.45) is 0 Å². The van der Waals surface area contributed by atoms with Gasteiger partial charge in [0.05, 0.1) is 6.10 Å². The highest BCUT2D eigenvalue weighted by atomic mass is 79.9. The number of ether oxygens (including phenoxy) is 1. The van der Waals surface area contributed by atoms with Gasteiger partial charge in [-0.25, -0.2) is 0 Å². The zero-order valence-electron chi connectivity index (χ0n) is 8.58. The third-order valence-electron chi connectivity index (χ3n) is 2.16. The van der Waals surface area contributed by atoms with Crippen LogP contribution in [0.25, 0.3) is 0 Å². The van der Waals surface area contributed by atoms with E-state index in [0.29, 0.717) is 6.10 Å². The topological polar surface area (TPSA) is 9.23 Å². The molecule has 0 aliphatic heterocycles. The molecule has 78 valence electrons. The van der Waals surface area contributed by atoms with Crippen molar-refractivity contribution in [3.63, 3.8) is 0 Å². The van der Waals surface area contributed by atoms with E-state index in [9.17, 15) is 0 Å². The van der Waals surface area contributed by atoms with Crippen molar-refractivity contribution in [2.75, 3.05) is 5.33 Å². The molecule has 0 saturated carbocycles. The van der Waals surface area contributed by atoms with Crippen molar-refractivity contribution in [2.45, 2.75) is 32.3 Å². The maximum Gasteiger partial charge on any atom is 0.119 e. The van der Waals surface area contributed by atoms with Crippen LogP contribution in [-0.2, 0) is 0 Å². The Morgan fingerprint density at radius 1 is 1.29 bits per heavy atom. The summed E-state index contributed by atoms with van der Waals surface area (Å²) in [5.74, 6) is 0.980. The Morgan fingerprint density at radius 2 is 2.00 bits per heavy atom. The standard InChI is InChI=1S/C12H17BrO/c1-2-11(9-6-10-13)14-12-7-4-3-5-8-12/h3-5,7-8,11H,2,6,9-10H2,1H3. The minimum atomic E-state index is 0.356. The molecule has 0 spiro atoms. The molecule has 1 nitrogen and oxygen atoms in total. The van der Waals surface area contributed by atoms with Gasteiger partial charge in [0, 0.05) is 5.33 Å². The summed E-state index contributed by atoms with van der Waals surface area (Å²) in [6.45, 7) is 2.17. The van der Waals surface area contributed by atoms with Crippen LogP contribution in [-0.4, -0.2) is 11.4 Å². The Hall–Kier alpha value is -0.500. The third-order valence-corrected chi connectivity index (χ3v) is 2.72. The number of hydrogen-bond acceptors (Lipinski definition) is 1. The largest absolute Gasteiger partial charge is 0.490 e. The highest BCUT2D eigenvalue weighted by Gasteiger charge is 2.06. The fourth-order valence-corrected chi connectivity index (χ4v) is 1.67. The fourth-order valence-electron chi connectivity index (χ4n) is 1.34. The van der Waals surface area contributed by atoms with E-state index in [1.807, 2.05) is 30.3 Å². The highest BCUT2D eigenvalue weighted by Crippen LogP contribution is 2.15. The van der Waals surface area contributed by atoms with Gasteiger partial charge in [0.2, 0.25) is 0 Å². The summed E-state index contributed by atoms with van der Waals surface area (Å²) in [4.78, 5) is 0. The van der Waals surface area contributed by atoms with Gasteiger partial charge in [0.15, 0.2) is 0 Å². The van der Waals surface area contributed by atoms with Crippen LogP contribution >= 0.6 is 15.9 Å². The molecule has 0 radical (unpaired) electrons. The van der Waals surface area contributed by atoms with E-state index in [2.05, 4.69) is 22.9 Å². The molecule has 0 heterocycles. The molecule has 0 aromatic heterocycles. The first-order chi connectivity index (χ1) is 6.86. The molecule has 0 N–H and O–H groups in total. The number of alkyl halides is 1. The first kappa shape index (κ1) is 11.6. The SMILES string of the molecule is CCC(CCCBr)Oc1ccccc1. The predicted octanol–water partition coefficient (Wildman–Crippen LogP) is 4.02. The van der Waals surface area contributed by atoms with Crippen molar-refractivity contribution in [3.05, 3.63) is 30.3 Å². The molecule has 0 aliphatic rings. The Labute approximate surface area is 94.6 Å². The molecule has 1 atom stereocenters. The minimum Gasteiger partial charge on any atom is -0.490 e. The third kappa shape index (κ3) is 4.14. The van der Waals surface area contributed by atoms with Gasteiger partial charge in [-0.1, -0.05) is 41.1 Å². The fraction of sp³-hybridized carbons (Fsp3) is 0.500. The van der Waals surface area contributed by atoms with Crippen molar-refractivity contribution in [1.82, 2.24) is 0 Å². The van der Waals surface area contributed by atoms with E-state index in [1.165, 1.54) is 6.42 Å². The molecule has 0 amide bonds. The highest BCUT2D eigenvalue weighted by molar-refractivity contribution is 9.09. The van der Waals surface area contributed by atoms with E-state index in [0.717, 1.165) is 23.9 Å². The van der Waals surface area contributed by atoms with E-state index >= 15 is 0 Å². The van der Waals surface area contributed by atoms with Gasteiger partial charge < -0.3 is 4.74 Å². The van der Waals surface area contributed by atoms with Crippen LogP contribution < -0.4 is 4.74 Å². The zero-order chi connectivity index (χ0) is 10.2. The molecule has 0 fully saturated rings. The lowest BCUT2D eigenvalue weighted by molar-refractivity contribution is 0.186. The van der Waals surface area contributed by atoms with Crippen molar-refractivity contribution in [3.8, 4) is 5.75 Å². The van der Waals surface area contributed by atoms with Crippen LogP contribution in [0, 0.1) is 0 Å². The molecule has 14 heavy (non-hydrogen) atoms. The van der Waals surface area contributed by atoms with E-state index < -0.39 is 0 Å². The Kier molecular flexibility index (Phi) is 5.69. The second-order valence-corrected chi connectivity index (χ2v) is 4.09. The lowest BCUT2D eigenvalue weighted by Crippen LogP contribution is -2.15. The predicted molar refractivity (Wildman–Crippen MR) is 64.2 cm³/mol. The van der Waals surface area contributed by atoms with E-state index in [1.54, 1.807) is 0 Å². The van der Waals surface area contributed by atoms with Crippen LogP contribution in [0.4, 0.5) is 0 Å². The van der Waals surface area contributed by atoms with Crippen molar-refractivity contribution in [1.29, 1.82) is 0 Å². The molecule has 0 bridgehead atoms. The summed E-state index contributed by atoms with van der Waals surface area (Å²) in [5, 5.41) is 1.06. The van der Waals surface area contributed by atoms with Gasteiger partial charge in [0.25, 0.3) is 0 Å². The van der Waals surface area contributed by atoms with Gasteiger partial charge in [-0.2, -0.15) is 0 Å². The summed E-state index contributed by atoms with van der Waals surface area (Å²) in [6.07, 6.45) is 3.72.